The number of hydrogen-bond acceptors (Lipinski definition) is 3. The van der Waals surface area contributed by atoms with Crippen LogP contribution in [0.2, 0.25) is 0 Å². The molecule has 0 spiro atoms. The molecular weight excluding hydrogens is 318 g/mol. The minimum atomic E-state index is -1.05. The summed E-state index contributed by atoms with van der Waals surface area (Å²) in [4.78, 5) is 27.8. The van der Waals surface area contributed by atoms with Gasteiger partial charge in [-0.1, -0.05) is 0 Å². The molecule has 1 fully saturated rings. The number of carbonyl (C=O) groups excluding carboxylic acids is 2. The average molecular weight is 336 g/mol. The van der Waals surface area contributed by atoms with Gasteiger partial charge in [-0.15, -0.1) is 0 Å². The standard InChI is InChI=1S/C17H18F2N2O3/c18-13-5-4-12(11-14(13)19)16(22)20-6-8-21(9-7-20)17(23)15-3-1-2-10-24-15/h3-5,11H,1-2,6-10H2. The Morgan fingerprint density at radius 2 is 1.62 bits per heavy atom. The van der Waals surface area contributed by atoms with Gasteiger partial charge in [0.05, 0.1) is 6.61 Å². The van der Waals surface area contributed by atoms with E-state index in [9.17, 15) is 18.4 Å². The zero-order chi connectivity index (χ0) is 17.1. The number of benzene rings is 1. The number of carbonyl (C=O) groups is 2. The predicted octanol–water partition coefficient (Wildman–Crippen LogP) is 1.94. The number of hydrogen-bond donors (Lipinski definition) is 0. The summed E-state index contributed by atoms with van der Waals surface area (Å²) in [6, 6.07) is 3.10. The molecule has 24 heavy (non-hydrogen) atoms. The predicted molar refractivity (Wildman–Crippen MR) is 82.1 cm³/mol. The number of piperazine rings is 1. The number of ether oxygens (including phenoxy) is 1. The van der Waals surface area contributed by atoms with Crippen LogP contribution < -0.4 is 0 Å². The van der Waals surface area contributed by atoms with Gasteiger partial charge in [0.25, 0.3) is 11.8 Å². The molecule has 0 atom stereocenters. The topological polar surface area (TPSA) is 49.9 Å². The number of rotatable bonds is 2. The molecule has 2 amide bonds. The van der Waals surface area contributed by atoms with Crippen molar-refractivity contribution in [1.82, 2.24) is 9.80 Å². The quantitative estimate of drug-likeness (QED) is 0.829. The lowest BCUT2D eigenvalue weighted by Gasteiger charge is -2.35. The molecule has 0 aromatic heterocycles. The maximum Gasteiger partial charge on any atom is 0.288 e. The van der Waals surface area contributed by atoms with E-state index in [0.717, 1.165) is 25.0 Å². The van der Waals surface area contributed by atoms with E-state index in [-0.39, 0.29) is 17.4 Å². The minimum absolute atomic E-state index is 0.104. The van der Waals surface area contributed by atoms with Crippen molar-refractivity contribution in [1.29, 1.82) is 0 Å². The number of allylic oxidation sites excluding steroid dienone is 1. The number of halogens is 2. The van der Waals surface area contributed by atoms with Gasteiger partial charge in [-0.2, -0.15) is 0 Å². The van der Waals surface area contributed by atoms with Crippen LogP contribution in [0.5, 0.6) is 0 Å². The largest absolute Gasteiger partial charge is 0.488 e. The molecule has 7 heteroatoms. The zero-order valence-corrected chi connectivity index (χ0v) is 13.1. The van der Waals surface area contributed by atoms with Crippen molar-refractivity contribution < 1.29 is 23.1 Å². The van der Waals surface area contributed by atoms with Crippen molar-refractivity contribution in [3.8, 4) is 0 Å². The lowest BCUT2D eigenvalue weighted by atomic mass is 10.1. The Morgan fingerprint density at radius 3 is 2.21 bits per heavy atom. The molecule has 0 bridgehead atoms. The van der Waals surface area contributed by atoms with Crippen LogP contribution >= 0.6 is 0 Å². The van der Waals surface area contributed by atoms with Gasteiger partial charge in [0.15, 0.2) is 17.4 Å². The van der Waals surface area contributed by atoms with Crippen molar-refractivity contribution in [2.24, 2.45) is 0 Å². The smallest absolute Gasteiger partial charge is 0.288 e. The second-order valence-corrected chi connectivity index (χ2v) is 5.77. The molecule has 2 heterocycles. The van der Waals surface area contributed by atoms with Crippen molar-refractivity contribution in [2.45, 2.75) is 12.8 Å². The number of nitrogens with zero attached hydrogens (tertiary/aromatic N) is 2. The maximum atomic E-state index is 13.3. The van der Waals surface area contributed by atoms with E-state index in [1.54, 1.807) is 11.0 Å². The van der Waals surface area contributed by atoms with Crippen molar-refractivity contribution in [3.63, 3.8) is 0 Å². The lowest BCUT2D eigenvalue weighted by molar-refractivity contribution is -0.132. The second-order valence-electron chi connectivity index (χ2n) is 5.77. The van der Waals surface area contributed by atoms with E-state index < -0.39 is 11.6 Å². The van der Waals surface area contributed by atoms with Gasteiger partial charge in [0.2, 0.25) is 0 Å². The van der Waals surface area contributed by atoms with Crippen LogP contribution in [0.15, 0.2) is 30.0 Å². The average Bonchev–Trinajstić information content (AvgIpc) is 2.63. The van der Waals surface area contributed by atoms with Crippen LogP contribution in [0.1, 0.15) is 23.2 Å². The Balaban J connectivity index is 1.60. The summed E-state index contributed by atoms with van der Waals surface area (Å²) in [5.74, 6) is -2.18. The molecule has 5 nitrogen and oxygen atoms in total. The highest BCUT2D eigenvalue weighted by Gasteiger charge is 2.28. The molecule has 0 unspecified atom stereocenters. The summed E-state index contributed by atoms with van der Waals surface area (Å²) in [6.07, 6.45) is 3.54. The third-order valence-electron chi connectivity index (χ3n) is 4.17. The van der Waals surface area contributed by atoms with E-state index >= 15 is 0 Å². The Bertz CT molecular complexity index is 682. The van der Waals surface area contributed by atoms with Crippen LogP contribution in [-0.4, -0.2) is 54.4 Å². The van der Waals surface area contributed by atoms with E-state index in [1.807, 2.05) is 0 Å². The van der Waals surface area contributed by atoms with E-state index in [4.69, 9.17) is 4.74 Å². The van der Waals surface area contributed by atoms with Gasteiger partial charge < -0.3 is 14.5 Å². The summed E-state index contributed by atoms with van der Waals surface area (Å²) in [6.45, 7) is 2.00. The van der Waals surface area contributed by atoms with Crippen LogP contribution in [0.25, 0.3) is 0 Å². The highest BCUT2D eigenvalue weighted by molar-refractivity contribution is 5.95. The summed E-state index contributed by atoms with van der Waals surface area (Å²) < 4.78 is 31.6. The van der Waals surface area contributed by atoms with Gasteiger partial charge >= 0.3 is 0 Å². The molecule has 0 N–H and O–H groups in total. The SMILES string of the molecule is O=C(C1=CCCCO1)N1CCN(C(=O)c2ccc(F)c(F)c2)CC1. The highest BCUT2D eigenvalue weighted by Crippen LogP contribution is 2.16. The molecule has 2 aliphatic heterocycles. The summed E-state index contributed by atoms with van der Waals surface area (Å²) >= 11 is 0. The minimum Gasteiger partial charge on any atom is -0.488 e. The third-order valence-corrected chi connectivity index (χ3v) is 4.17. The van der Waals surface area contributed by atoms with Crippen molar-refractivity contribution in [2.75, 3.05) is 32.8 Å². The molecule has 0 aliphatic carbocycles. The van der Waals surface area contributed by atoms with Crippen LogP contribution in [0.3, 0.4) is 0 Å². The van der Waals surface area contributed by atoms with Crippen molar-refractivity contribution >= 4 is 11.8 Å². The first kappa shape index (κ1) is 16.4. The van der Waals surface area contributed by atoms with E-state index in [2.05, 4.69) is 0 Å². The summed E-state index contributed by atoms with van der Waals surface area (Å²) in [5, 5.41) is 0. The maximum absolute atomic E-state index is 13.3. The third kappa shape index (κ3) is 3.39. The second kappa shape index (κ2) is 6.98. The molecule has 1 saturated heterocycles. The first-order valence-corrected chi connectivity index (χ1v) is 7.93. The van der Waals surface area contributed by atoms with Gasteiger partial charge in [-0.05, 0) is 37.1 Å². The fraction of sp³-hybridized carbons (Fsp3) is 0.412. The molecule has 128 valence electrons. The summed E-state index contributed by atoms with van der Waals surface area (Å²) in [7, 11) is 0. The highest BCUT2D eigenvalue weighted by atomic mass is 19.2. The normalized spacial score (nSPS) is 18.0. The molecule has 0 radical (unpaired) electrons. The fourth-order valence-corrected chi connectivity index (χ4v) is 2.79. The zero-order valence-electron chi connectivity index (χ0n) is 13.1. The molecule has 0 saturated carbocycles. The first-order valence-electron chi connectivity index (χ1n) is 7.93. The van der Waals surface area contributed by atoms with E-state index in [1.165, 1.54) is 11.0 Å². The first-order chi connectivity index (χ1) is 11.6. The monoisotopic (exact) mass is 336 g/mol. The van der Waals surface area contributed by atoms with E-state index in [0.29, 0.717) is 38.5 Å². The van der Waals surface area contributed by atoms with Crippen LogP contribution in [-0.2, 0) is 9.53 Å². The number of amides is 2. The van der Waals surface area contributed by atoms with Gasteiger partial charge in [-0.25, -0.2) is 8.78 Å². The molecule has 2 aliphatic rings. The Labute approximate surface area is 138 Å². The summed E-state index contributed by atoms with van der Waals surface area (Å²) in [5.41, 5.74) is 0.104. The lowest BCUT2D eigenvalue weighted by Crippen LogP contribution is -2.51. The Kier molecular flexibility index (Phi) is 4.78. The van der Waals surface area contributed by atoms with Gasteiger partial charge in [-0.3, -0.25) is 9.59 Å². The Morgan fingerprint density at radius 1 is 0.958 bits per heavy atom. The fourth-order valence-electron chi connectivity index (χ4n) is 2.79. The molecule has 3 rings (SSSR count). The van der Waals surface area contributed by atoms with Crippen LogP contribution in [0, 0.1) is 11.6 Å². The molecule has 1 aromatic rings. The van der Waals surface area contributed by atoms with Crippen LogP contribution in [0.4, 0.5) is 8.78 Å². The van der Waals surface area contributed by atoms with Crippen molar-refractivity contribution in [3.05, 3.63) is 47.2 Å². The molecule has 1 aromatic carbocycles. The Hall–Kier alpha value is -2.44. The van der Waals surface area contributed by atoms with Gasteiger partial charge in [0, 0.05) is 31.7 Å². The van der Waals surface area contributed by atoms with Gasteiger partial charge in [0.1, 0.15) is 0 Å². The molecular formula is C17H18F2N2O3.